The van der Waals surface area contributed by atoms with Gasteiger partial charge in [0, 0.05) is 47.1 Å². The summed E-state index contributed by atoms with van der Waals surface area (Å²) in [6.45, 7) is 9.67. The quantitative estimate of drug-likeness (QED) is 0.153. The zero-order valence-electron chi connectivity index (χ0n) is 18.2. The van der Waals surface area contributed by atoms with Crippen molar-refractivity contribution in [3.05, 3.63) is 56.8 Å². The molecule has 1 aliphatic heterocycles. The van der Waals surface area contributed by atoms with E-state index in [-0.39, 0.29) is 5.11 Å². The van der Waals surface area contributed by atoms with Crippen molar-refractivity contribution in [3.8, 4) is 11.4 Å². The first-order valence-corrected chi connectivity index (χ1v) is 12.1. The lowest BCUT2D eigenvalue weighted by atomic mass is 10.0. The van der Waals surface area contributed by atoms with Crippen LogP contribution >= 0.6 is 34.8 Å². The van der Waals surface area contributed by atoms with Crippen LogP contribution in [0.5, 0.6) is 0 Å². The second-order valence-electron chi connectivity index (χ2n) is 7.97. The lowest BCUT2D eigenvalue weighted by Crippen LogP contribution is -2.35. The third kappa shape index (κ3) is 5.48. The molecule has 2 aromatic heterocycles. The number of aromatic nitrogens is 3. The summed E-state index contributed by atoms with van der Waals surface area (Å²) in [4.78, 5) is 12.6. The molecule has 0 bridgehead atoms. The lowest BCUT2D eigenvalue weighted by molar-refractivity contribution is 0.180. The summed E-state index contributed by atoms with van der Waals surface area (Å²) >= 11 is 7.56. The maximum absolute atomic E-state index is 7.14. The van der Waals surface area contributed by atoms with Crippen LogP contribution in [0, 0.1) is 16.1 Å². The number of pyridine rings is 1. The molecule has 170 valence electrons. The van der Waals surface area contributed by atoms with E-state index in [4.69, 9.17) is 34.2 Å². The van der Waals surface area contributed by atoms with Crippen molar-refractivity contribution >= 4 is 57.0 Å². The predicted octanol–water partition coefficient (Wildman–Crippen LogP) is 3.62. The summed E-state index contributed by atoms with van der Waals surface area (Å²) < 4.78 is 8.51. The molecular formula is C23H24IN7OS. The molecular weight excluding hydrogens is 549 g/mol. The molecule has 0 saturated carbocycles. The van der Waals surface area contributed by atoms with Gasteiger partial charge < -0.3 is 19.9 Å². The van der Waals surface area contributed by atoms with E-state index in [1.807, 2.05) is 17.7 Å². The molecule has 0 spiro atoms. The maximum Gasteiger partial charge on any atom is 0.218 e. The minimum absolute atomic E-state index is 0.232. The number of hydrogen-bond acceptors (Lipinski definition) is 5. The Morgan fingerprint density at radius 1 is 1.48 bits per heavy atom. The van der Waals surface area contributed by atoms with Crippen LogP contribution in [0.4, 0.5) is 0 Å². The molecule has 1 unspecified atom stereocenters. The van der Waals surface area contributed by atoms with E-state index >= 15 is 0 Å². The first-order chi connectivity index (χ1) is 16.0. The lowest BCUT2D eigenvalue weighted by Gasteiger charge is -2.20. The van der Waals surface area contributed by atoms with Gasteiger partial charge in [0.15, 0.2) is 5.11 Å². The van der Waals surface area contributed by atoms with E-state index in [0.717, 1.165) is 50.0 Å². The highest BCUT2D eigenvalue weighted by molar-refractivity contribution is 14.1. The van der Waals surface area contributed by atoms with E-state index in [1.54, 1.807) is 23.7 Å². The Morgan fingerprint density at radius 2 is 2.33 bits per heavy atom. The third-order valence-corrected chi connectivity index (χ3v) is 6.84. The molecule has 3 aromatic rings. The molecule has 8 nitrogen and oxygen atoms in total. The fraction of sp³-hybridized carbons (Fsp3) is 0.348. The number of ether oxygens (including phenoxy) is 1. The molecule has 10 heteroatoms. The first kappa shape index (κ1) is 23.5. The number of halogens is 1. The Hall–Kier alpha value is -2.62. The number of rotatable bonds is 7. The van der Waals surface area contributed by atoms with Crippen molar-refractivity contribution in [2.24, 2.45) is 23.8 Å². The van der Waals surface area contributed by atoms with Crippen molar-refractivity contribution in [2.75, 3.05) is 26.3 Å². The molecule has 0 aliphatic carbocycles. The Bertz CT molecular complexity index is 1240. The van der Waals surface area contributed by atoms with E-state index in [2.05, 4.69) is 49.7 Å². The fourth-order valence-electron chi connectivity index (χ4n) is 3.83. The Kier molecular flexibility index (Phi) is 7.52. The minimum Gasteiger partial charge on any atom is -0.381 e. The Morgan fingerprint density at radius 3 is 3.00 bits per heavy atom. The molecule has 2 N–H and O–H groups in total. The van der Waals surface area contributed by atoms with Gasteiger partial charge in [-0.25, -0.2) is 21.5 Å². The largest absolute Gasteiger partial charge is 0.381 e. The highest BCUT2D eigenvalue weighted by atomic mass is 127. The molecule has 0 radical (unpaired) electrons. The van der Waals surface area contributed by atoms with Crippen LogP contribution in [0.1, 0.15) is 17.5 Å². The highest BCUT2D eigenvalue weighted by Gasteiger charge is 2.20. The van der Waals surface area contributed by atoms with Crippen LogP contribution < -0.4 is 5.73 Å². The second-order valence-corrected chi connectivity index (χ2v) is 9.55. The van der Waals surface area contributed by atoms with Crippen LogP contribution in [0.2, 0.25) is 0 Å². The van der Waals surface area contributed by atoms with Gasteiger partial charge in [0.2, 0.25) is 6.54 Å². The number of nitrogens with zero attached hydrogens (tertiary/aromatic N) is 6. The normalized spacial score (nSPS) is 15.8. The number of fused-ring (bicyclic) bond motifs is 1. The number of aryl methyl sites for hydroxylation is 1. The van der Waals surface area contributed by atoms with Gasteiger partial charge in [-0.15, -0.1) is 0 Å². The van der Waals surface area contributed by atoms with Gasteiger partial charge in [-0.3, -0.25) is 0 Å². The summed E-state index contributed by atoms with van der Waals surface area (Å²) in [5.41, 5.74) is 10.6. The standard InChI is InChI=1S/C23H24IN7OS/c1-26-5-3-16-7-18-17(10-28-31(23(25)33)12-15-4-6-32-13-15)8-21(22-11-27-14-30(22)2)29-20(18)9-19(16)24/h7-11,14-15H,3-6,12-13H2,2H3,(H2,25,33)/b28-10+. The molecule has 3 heterocycles. The van der Waals surface area contributed by atoms with Gasteiger partial charge in [-0.1, -0.05) is 0 Å². The summed E-state index contributed by atoms with van der Waals surface area (Å²) in [6, 6.07) is 6.18. The molecule has 1 aromatic carbocycles. The number of imidazole rings is 1. The average Bonchev–Trinajstić information content (AvgIpc) is 3.46. The van der Waals surface area contributed by atoms with E-state index < -0.39 is 0 Å². The summed E-state index contributed by atoms with van der Waals surface area (Å²) in [7, 11) is 1.94. The zero-order valence-corrected chi connectivity index (χ0v) is 21.2. The van der Waals surface area contributed by atoms with Gasteiger partial charge in [0.05, 0.1) is 42.3 Å². The fourth-order valence-corrected chi connectivity index (χ4v) is 4.67. The Balaban J connectivity index is 1.78. The molecule has 1 atom stereocenters. The summed E-state index contributed by atoms with van der Waals surface area (Å²) in [5, 5.41) is 7.52. The van der Waals surface area contributed by atoms with E-state index in [1.165, 1.54) is 0 Å². The number of nitrogens with two attached hydrogens (primary N) is 1. The van der Waals surface area contributed by atoms with Crippen LogP contribution in [0.3, 0.4) is 0 Å². The summed E-state index contributed by atoms with van der Waals surface area (Å²) in [6.07, 6.45) is 7.01. The monoisotopic (exact) mass is 573 g/mol. The molecule has 33 heavy (non-hydrogen) atoms. The number of hydrazone groups is 1. The second kappa shape index (κ2) is 10.5. The van der Waals surface area contributed by atoms with Crippen molar-refractivity contribution < 1.29 is 4.74 Å². The molecule has 1 fully saturated rings. The number of benzene rings is 1. The Labute approximate surface area is 211 Å². The average molecular weight is 573 g/mol. The van der Waals surface area contributed by atoms with Crippen molar-refractivity contribution in [2.45, 2.75) is 12.8 Å². The SMILES string of the molecule is [C-]#[N+]CCc1cc2c(/C=N/N(CC3CCOC3)C(N)=S)cc(-c3cncn3C)nc2cc1I. The van der Waals surface area contributed by atoms with Crippen molar-refractivity contribution in [3.63, 3.8) is 0 Å². The highest BCUT2D eigenvalue weighted by Crippen LogP contribution is 2.28. The van der Waals surface area contributed by atoms with Crippen molar-refractivity contribution in [1.82, 2.24) is 19.5 Å². The van der Waals surface area contributed by atoms with Crippen LogP contribution in [0.15, 0.2) is 35.8 Å². The zero-order chi connectivity index (χ0) is 23.4. The van der Waals surface area contributed by atoms with E-state index in [9.17, 15) is 0 Å². The maximum atomic E-state index is 7.14. The molecule has 1 aliphatic rings. The topological polar surface area (TPSA) is 85.9 Å². The number of hydrogen-bond donors (Lipinski definition) is 1. The van der Waals surface area contributed by atoms with Gasteiger partial charge in [0.25, 0.3) is 0 Å². The van der Waals surface area contributed by atoms with Gasteiger partial charge in [-0.05, 0) is 65.0 Å². The third-order valence-electron chi connectivity index (χ3n) is 5.63. The summed E-state index contributed by atoms with van der Waals surface area (Å²) in [5.74, 6) is 0.352. The molecule has 1 saturated heterocycles. The molecule has 4 rings (SSSR count). The van der Waals surface area contributed by atoms with Gasteiger partial charge >= 0.3 is 0 Å². The van der Waals surface area contributed by atoms with Crippen LogP contribution in [-0.4, -0.2) is 57.2 Å². The van der Waals surface area contributed by atoms with E-state index in [0.29, 0.717) is 32.0 Å². The van der Waals surface area contributed by atoms with Crippen LogP contribution in [-0.2, 0) is 18.2 Å². The number of thiocarbonyl (C=S) groups is 1. The first-order valence-electron chi connectivity index (χ1n) is 10.6. The van der Waals surface area contributed by atoms with Crippen LogP contribution in [0.25, 0.3) is 27.1 Å². The van der Waals surface area contributed by atoms with Gasteiger partial charge in [0.1, 0.15) is 0 Å². The predicted molar refractivity (Wildman–Crippen MR) is 142 cm³/mol. The van der Waals surface area contributed by atoms with Gasteiger partial charge in [-0.2, -0.15) is 5.10 Å². The van der Waals surface area contributed by atoms with Crippen molar-refractivity contribution in [1.29, 1.82) is 0 Å². The smallest absolute Gasteiger partial charge is 0.218 e. The minimum atomic E-state index is 0.232. The molecule has 0 amide bonds.